The van der Waals surface area contributed by atoms with Crippen LogP contribution < -0.4 is 15.9 Å². The minimum Gasteiger partial charge on any atom is -0.487 e. The summed E-state index contributed by atoms with van der Waals surface area (Å²) in [5.41, 5.74) is 2.34. The quantitative estimate of drug-likeness (QED) is 0.323. The van der Waals surface area contributed by atoms with E-state index in [2.05, 4.69) is 5.32 Å². The van der Waals surface area contributed by atoms with Crippen molar-refractivity contribution in [2.75, 3.05) is 18.6 Å². The van der Waals surface area contributed by atoms with Gasteiger partial charge in [0.2, 0.25) is 0 Å². The molecule has 0 spiro atoms. The van der Waals surface area contributed by atoms with E-state index in [1.807, 2.05) is 25.3 Å². The summed E-state index contributed by atoms with van der Waals surface area (Å²) < 4.78 is 5.86. The number of hydrogen-bond donors (Lipinski definition) is 2. The van der Waals surface area contributed by atoms with Gasteiger partial charge in [-0.15, -0.1) is 11.8 Å². The standard InChI is InChI=1S/C17H19Cl2N3O2S/c1-10-7-13(19)15(8-12(10)18)24-9-11-14(21-17(23)22(2)20)5-4-6-16(11)25-3/h4-8H,9,20H2,1-3H3,(H,21,23). The van der Waals surface area contributed by atoms with Gasteiger partial charge in [-0.05, 0) is 36.9 Å². The Morgan fingerprint density at radius 1 is 1.32 bits per heavy atom. The van der Waals surface area contributed by atoms with Gasteiger partial charge >= 0.3 is 6.03 Å². The van der Waals surface area contributed by atoms with E-state index in [-0.39, 0.29) is 6.61 Å². The SMILES string of the molecule is CSc1cccc(NC(=O)N(C)N)c1COc1cc(Cl)c(C)cc1Cl. The summed E-state index contributed by atoms with van der Waals surface area (Å²) >= 11 is 13.9. The van der Waals surface area contributed by atoms with Crippen LogP contribution in [0.25, 0.3) is 0 Å². The van der Waals surface area contributed by atoms with Gasteiger partial charge in [-0.3, -0.25) is 5.01 Å². The van der Waals surface area contributed by atoms with Gasteiger partial charge in [0.25, 0.3) is 0 Å². The molecule has 0 aliphatic rings. The second-order valence-corrected chi connectivity index (χ2v) is 7.01. The number of nitrogens with zero attached hydrogens (tertiary/aromatic N) is 1. The molecule has 0 atom stereocenters. The Bertz CT molecular complexity index is 785. The summed E-state index contributed by atoms with van der Waals surface area (Å²) in [7, 11) is 1.47. The minimum atomic E-state index is -0.420. The van der Waals surface area contributed by atoms with Gasteiger partial charge in [-0.2, -0.15) is 0 Å². The van der Waals surface area contributed by atoms with Crippen LogP contribution in [0.3, 0.4) is 0 Å². The summed E-state index contributed by atoms with van der Waals surface area (Å²) in [4.78, 5) is 12.9. The molecule has 8 heteroatoms. The second kappa shape index (κ2) is 8.67. The van der Waals surface area contributed by atoms with Gasteiger partial charge in [-0.1, -0.05) is 29.3 Å². The van der Waals surface area contributed by atoms with Crippen molar-refractivity contribution < 1.29 is 9.53 Å². The number of anilines is 1. The number of carbonyl (C=O) groups excluding carboxylic acids is 1. The van der Waals surface area contributed by atoms with E-state index in [1.54, 1.807) is 30.0 Å². The first-order chi connectivity index (χ1) is 11.8. The number of thioether (sulfide) groups is 1. The van der Waals surface area contributed by atoms with Crippen LogP contribution in [0.5, 0.6) is 5.75 Å². The Kier molecular flexibility index (Phi) is 6.84. The predicted molar refractivity (Wildman–Crippen MR) is 105 cm³/mol. The third kappa shape index (κ3) is 4.95. The van der Waals surface area contributed by atoms with Crippen molar-refractivity contribution in [1.82, 2.24) is 5.01 Å². The lowest BCUT2D eigenvalue weighted by atomic mass is 10.2. The molecule has 0 saturated carbocycles. The lowest BCUT2D eigenvalue weighted by molar-refractivity contribution is 0.223. The number of nitrogens with one attached hydrogen (secondary N) is 1. The van der Waals surface area contributed by atoms with E-state index in [0.29, 0.717) is 21.5 Å². The first-order valence-electron chi connectivity index (χ1n) is 7.37. The van der Waals surface area contributed by atoms with E-state index >= 15 is 0 Å². The highest BCUT2D eigenvalue weighted by Crippen LogP contribution is 2.33. The van der Waals surface area contributed by atoms with Crippen LogP contribution in [0.4, 0.5) is 10.5 Å². The van der Waals surface area contributed by atoms with Crippen LogP contribution >= 0.6 is 35.0 Å². The molecule has 0 aliphatic heterocycles. The largest absolute Gasteiger partial charge is 0.487 e. The average Bonchev–Trinajstić information content (AvgIpc) is 2.57. The van der Waals surface area contributed by atoms with Crippen molar-refractivity contribution >= 4 is 46.7 Å². The van der Waals surface area contributed by atoms with E-state index < -0.39 is 6.03 Å². The number of aryl methyl sites for hydroxylation is 1. The maximum absolute atomic E-state index is 11.9. The Labute approximate surface area is 161 Å². The first-order valence-corrected chi connectivity index (χ1v) is 9.35. The van der Waals surface area contributed by atoms with Crippen molar-refractivity contribution in [3.8, 4) is 5.75 Å². The van der Waals surface area contributed by atoms with Crippen molar-refractivity contribution in [2.45, 2.75) is 18.4 Å². The zero-order valence-corrected chi connectivity index (χ0v) is 16.4. The monoisotopic (exact) mass is 399 g/mol. The number of hydrazine groups is 1. The minimum absolute atomic E-state index is 0.222. The normalized spacial score (nSPS) is 10.5. The third-order valence-electron chi connectivity index (χ3n) is 3.50. The number of rotatable bonds is 5. The fourth-order valence-electron chi connectivity index (χ4n) is 2.11. The van der Waals surface area contributed by atoms with E-state index in [0.717, 1.165) is 21.0 Å². The number of amides is 2. The summed E-state index contributed by atoms with van der Waals surface area (Å²) in [6.07, 6.45) is 1.95. The fraction of sp³-hybridized carbons (Fsp3) is 0.235. The van der Waals surface area contributed by atoms with Gasteiger partial charge in [0.15, 0.2) is 0 Å². The van der Waals surface area contributed by atoms with Crippen LogP contribution in [0.2, 0.25) is 10.0 Å². The van der Waals surface area contributed by atoms with E-state index in [4.69, 9.17) is 33.8 Å². The fourth-order valence-corrected chi connectivity index (χ4v) is 3.17. The Balaban J connectivity index is 2.29. The zero-order chi connectivity index (χ0) is 18.6. The molecule has 0 bridgehead atoms. The van der Waals surface area contributed by atoms with Crippen LogP contribution in [0, 0.1) is 6.92 Å². The molecule has 0 aliphatic carbocycles. The molecule has 134 valence electrons. The molecule has 0 aromatic heterocycles. The Morgan fingerprint density at radius 2 is 2.04 bits per heavy atom. The number of ether oxygens (including phenoxy) is 1. The lowest BCUT2D eigenvalue weighted by Crippen LogP contribution is -2.37. The van der Waals surface area contributed by atoms with Crippen LogP contribution in [-0.2, 0) is 6.61 Å². The van der Waals surface area contributed by atoms with Gasteiger partial charge in [0.05, 0.1) is 10.7 Å². The molecular weight excluding hydrogens is 381 g/mol. The molecule has 0 saturated heterocycles. The summed E-state index contributed by atoms with van der Waals surface area (Å²) in [6, 6.07) is 8.63. The topological polar surface area (TPSA) is 67.6 Å². The van der Waals surface area contributed by atoms with E-state index in [1.165, 1.54) is 7.05 Å². The van der Waals surface area contributed by atoms with Crippen molar-refractivity contribution in [3.05, 3.63) is 51.5 Å². The lowest BCUT2D eigenvalue weighted by Gasteiger charge is -2.18. The van der Waals surface area contributed by atoms with E-state index in [9.17, 15) is 4.79 Å². The molecule has 25 heavy (non-hydrogen) atoms. The predicted octanol–water partition coefficient (Wildman–Crippen LogP) is 4.94. The van der Waals surface area contributed by atoms with Crippen molar-refractivity contribution in [3.63, 3.8) is 0 Å². The summed E-state index contributed by atoms with van der Waals surface area (Å²) in [6.45, 7) is 2.10. The van der Waals surface area contributed by atoms with Crippen molar-refractivity contribution in [1.29, 1.82) is 0 Å². The number of halogens is 2. The highest BCUT2D eigenvalue weighted by molar-refractivity contribution is 7.98. The second-order valence-electron chi connectivity index (χ2n) is 5.35. The number of hydrogen-bond acceptors (Lipinski definition) is 4. The molecule has 3 N–H and O–H groups in total. The summed E-state index contributed by atoms with van der Waals surface area (Å²) in [5.74, 6) is 5.96. The molecule has 0 radical (unpaired) electrons. The van der Waals surface area contributed by atoms with Crippen LogP contribution in [0.1, 0.15) is 11.1 Å². The number of benzene rings is 2. The maximum atomic E-state index is 11.9. The molecule has 0 heterocycles. The number of nitrogens with two attached hydrogens (primary N) is 1. The highest BCUT2D eigenvalue weighted by Gasteiger charge is 2.14. The average molecular weight is 400 g/mol. The number of carbonyl (C=O) groups is 1. The van der Waals surface area contributed by atoms with Gasteiger partial charge < -0.3 is 10.1 Å². The molecular formula is C17H19Cl2N3O2S. The zero-order valence-electron chi connectivity index (χ0n) is 14.1. The Morgan fingerprint density at radius 3 is 2.68 bits per heavy atom. The summed E-state index contributed by atoms with van der Waals surface area (Å²) in [5, 5.41) is 4.81. The molecule has 5 nitrogen and oxygen atoms in total. The maximum Gasteiger partial charge on any atom is 0.335 e. The molecule has 2 rings (SSSR count). The van der Waals surface area contributed by atoms with Gasteiger partial charge in [0, 0.05) is 28.6 Å². The molecule has 2 aromatic rings. The van der Waals surface area contributed by atoms with Crippen molar-refractivity contribution in [2.24, 2.45) is 5.84 Å². The van der Waals surface area contributed by atoms with Crippen LogP contribution in [-0.4, -0.2) is 24.3 Å². The van der Waals surface area contributed by atoms with Gasteiger partial charge in [-0.25, -0.2) is 10.6 Å². The molecule has 0 fully saturated rings. The third-order valence-corrected chi connectivity index (χ3v) is 5.02. The molecule has 2 aromatic carbocycles. The number of urea groups is 1. The highest BCUT2D eigenvalue weighted by atomic mass is 35.5. The Hall–Kier alpha value is -1.60. The smallest absolute Gasteiger partial charge is 0.335 e. The molecule has 2 amide bonds. The first kappa shape index (κ1) is 19.7. The van der Waals surface area contributed by atoms with Crippen LogP contribution in [0.15, 0.2) is 35.2 Å². The van der Waals surface area contributed by atoms with Gasteiger partial charge in [0.1, 0.15) is 12.4 Å². The molecule has 0 unspecified atom stereocenters.